The monoisotopic (exact) mass is 508 g/mol. The zero-order chi connectivity index (χ0) is 27.2. The lowest BCUT2D eigenvalue weighted by molar-refractivity contribution is -0.145. The van der Waals surface area contributed by atoms with Gasteiger partial charge in [0.1, 0.15) is 0 Å². The van der Waals surface area contributed by atoms with Gasteiger partial charge in [0.15, 0.2) is 7.85 Å². The number of thioether (sulfide) groups is 1. The fourth-order valence-electron chi connectivity index (χ4n) is 4.00. The Bertz CT molecular complexity index is 795. The van der Waals surface area contributed by atoms with Crippen LogP contribution in [0.3, 0.4) is 0 Å². The summed E-state index contributed by atoms with van der Waals surface area (Å²) in [5, 5.41) is 2.78. The minimum Gasteiger partial charge on any atom is -0.376 e. The molecule has 1 N–H and O–H groups in total. The van der Waals surface area contributed by atoms with Crippen molar-refractivity contribution in [3.05, 3.63) is 0 Å². The van der Waals surface area contributed by atoms with E-state index in [-0.39, 0.29) is 41.5 Å². The standard InChI is InChI=1S/C26H45BN2O5S/c1-10-35-18-17-20(31)29(21(18)32)25(6,7)12-11-19(30)28-24(4,5)13-14-26(8,9)34-16-15-23(2,3)22(27)33/h18H,10-17H2,1-9H3,(H,28,30). The van der Waals surface area contributed by atoms with Gasteiger partial charge in [-0.3, -0.25) is 19.3 Å². The van der Waals surface area contributed by atoms with Gasteiger partial charge in [0, 0.05) is 35.9 Å². The molecule has 0 aromatic carbocycles. The normalized spacial score (nSPS) is 17.7. The first kappa shape index (κ1) is 31.7. The summed E-state index contributed by atoms with van der Waals surface area (Å²) in [6.45, 7) is 17.7. The maximum absolute atomic E-state index is 12.7. The maximum atomic E-state index is 12.7. The number of imide groups is 1. The molecule has 2 radical (unpaired) electrons. The number of carbonyl (C=O) groups is 4. The molecule has 35 heavy (non-hydrogen) atoms. The lowest BCUT2D eigenvalue weighted by Crippen LogP contribution is -2.49. The van der Waals surface area contributed by atoms with Gasteiger partial charge in [-0.2, -0.15) is 0 Å². The first-order valence-corrected chi connectivity index (χ1v) is 13.6. The fraction of sp³-hybridized carbons (Fsp3) is 0.846. The number of rotatable bonds is 15. The van der Waals surface area contributed by atoms with Crippen LogP contribution in [0.5, 0.6) is 0 Å². The summed E-state index contributed by atoms with van der Waals surface area (Å²) in [7, 11) is 5.43. The molecule has 1 aliphatic rings. The Hall–Kier alpha value is -1.35. The summed E-state index contributed by atoms with van der Waals surface area (Å²) >= 11 is 1.50. The summed E-state index contributed by atoms with van der Waals surface area (Å²) in [5.41, 5.74) is -2.54. The van der Waals surface area contributed by atoms with E-state index in [0.29, 0.717) is 25.9 Å². The van der Waals surface area contributed by atoms with E-state index in [9.17, 15) is 19.2 Å². The Morgan fingerprint density at radius 2 is 1.63 bits per heavy atom. The molecule has 0 aliphatic carbocycles. The molecule has 0 bridgehead atoms. The van der Waals surface area contributed by atoms with Crippen molar-refractivity contribution in [1.82, 2.24) is 10.2 Å². The topological polar surface area (TPSA) is 92.8 Å². The molecule has 0 aromatic heterocycles. The van der Waals surface area contributed by atoms with Gasteiger partial charge in [0.25, 0.3) is 0 Å². The fourth-order valence-corrected chi connectivity index (χ4v) is 4.91. The van der Waals surface area contributed by atoms with Gasteiger partial charge in [0.05, 0.1) is 16.5 Å². The predicted molar refractivity (Wildman–Crippen MR) is 142 cm³/mol. The number of likely N-dealkylation sites (tertiary alicyclic amines) is 1. The van der Waals surface area contributed by atoms with E-state index in [2.05, 4.69) is 5.32 Å². The molecule has 1 heterocycles. The summed E-state index contributed by atoms with van der Waals surface area (Å²) in [6, 6.07) is 0. The molecule has 1 saturated heterocycles. The van der Waals surface area contributed by atoms with Gasteiger partial charge in [-0.15, -0.1) is 11.8 Å². The Morgan fingerprint density at radius 1 is 1.03 bits per heavy atom. The highest BCUT2D eigenvalue weighted by Crippen LogP contribution is 2.33. The Balaban J connectivity index is 2.55. The Kier molecular flexibility index (Phi) is 11.1. The molecule has 3 amide bonds. The largest absolute Gasteiger partial charge is 0.376 e. The van der Waals surface area contributed by atoms with E-state index < -0.39 is 22.1 Å². The van der Waals surface area contributed by atoms with Crippen LogP contribution in [0.1, 0.15) is 101 Å². The van der Waals surface area contributed by atoms with Crippen molar-refractivity contribution in [2.45, 2.75) is 123 Å². The smallest absolute Gasteiger partial charge is 0.243 e. The van der Waals surface area contributed by atoms with Gasteiger partial charge < -0.3 is 14.8 Å². The average Bonchev–Trinajstić information content (AvgIpc) is 2.98. The van der Waals surface area contributed by atoms with Gasteiger partial charge in [-0.1, -0.05) is 20.8 Å². The van der Waals surface area contributed by atoms with Gasteiger partial charge in [0.2, 0.25) is 17.7 Å². The zero-order valence-electron chi connectivity index (χ0n) is 23.2. The summed E-state index contributed by atoms with van der Waals surface area (Å²) < 4.78 is 6.02. The third-order valence-corrected chi connectivity index (χ3v) is 7.86. The number of hydrogen-bond acceptors (Lipinski definition) is 6. The highest BCUT2D eigenvalue weighted by Gasteiger charge is 2.46. The van der Waals surface area contributed by atoms with Crippen LogP contribution in [0, 0.1) is 5.41 Å². The molecule has 198 valence electrons. The first-order chi connectivity index (χ1) is 15.8. The van der Waals surface area contributed by atoms with Crippen molar-refractivity contribution >= 4 is 43.0 Å². The molecule has 1 atom stereocenters. The van der Waals surface area contributed by atoms with Crippen LogP contribution in [0.4, 0.5) is 0 Å². The number of nitrogens with zero attached hydrogens (tertiary/aromatic N) is 1. The van der Waals surface area contributed by atoms with Gasteiger partial charge in [-0.25, -0.2) is 0 Å². The minimum absolute atomic E-state index is 0.108. The van der Waals surface area contributed by atoms with E-state index in [1.54, 1.807) is 0 Å². The number of amides is 3. The number of nitrogens with one attached hydrogen (secondary N) is 1. The van der Waals surface area contributed by atoms with Gasteiger partial charge >= 0.3 is 0 Å². The molecule has 1 fully saturated rings. The van der Waals surface area contributed by atoms with Crippen LogP contribution in [0.15, 0.2) is 0 Å². The molecule has 1 unspecified atom stereocenters. The van der Waals surface area contributed by atoms with Crippen molar-refractivity contribution in [1.29, 1.82) is 0 Å². The second kappa shape index (κ2) is 12.3. The third kappa shape index (κ3) is 9.91. The quantitative estimate of drug-likeness (QED) is 0.266. The first-order valence-electron chi connectivity index (χ1n) is 12.6. The van der Waals surface area contributed by atoms with Crippen molar-refractivity contribution in [3.63, 3.8) is 0 Å². The summed E-state index contributed by atoms with van der Waals surface area (Å²) in [5.74, 6) is 0.369. The molecule has 1 rings (SSSR count). The molecule has 0 saturated carbocycles. The van der Waals surface area contributed by atoms with Crippen LogP contribution in [0.25, 0.3) is 0 Å². The highest BCUT2D eigenvalue weighted by molar-refractivity contribution is 8.00. The van der Waals surface area contributed by atoms with Crippen molar-refractivity contribution < 1.29 is 23.9 Å². The lowest BCUT2D eigenvalue weighted by atomic mass is 9.75. The third-order valence-electron chi connectivity index (χ3n) is 6.76. The van der Waals surface area contributed by atoms with E-state index in [1.807, 2.05) is 62.3 Å². The van der Waals surface area contributed by atoms with E-state index in [0.717, 1.165) is 12.2 Å². The Labute approximate surface area is 217 Å². The van der Waals surface area contributed by atoms with Crippen molar-refractivity contribution in [3.8, 4) is 0 Å². The molecule has 1 aliphatic heterocycles. The number of carbonyl (C=O) groups excluding carboxylic acids is 4. The SMILES string of the molecule is [B]C(=O)C(C)(C)CCOC(C)(C)CCC(C)(C)NC(=O)CCC(C)(C)N1C(=O)CC(SCC)C1=O. The predicted octanol–water partition coefficient (Wildman–Crippen LogP) is 4.01. The second-order valence-corrected chi connectivity index (χ2v) is 13.5. The van der Waals surface area contributed by atoms with Crippen LogP contribution >= 0.6 is 11.8 Å². The van der Waals surface area contributed by atoms with Crippen LogP contribution in [-0.2, 0) is 23.9 Å². The molecule has 0 aromatic rings. The summed E-state index contributed by atoms with van der Waals surface area (Å²) in [6.07, 6.45) is 2.82. The molecular weight excluding hydrogens is 463 g/mol. The van der Waals surface area contributed by atoms with E-state index in [4.69, 9.17) is 12.6 Å². The molecule has 7 nitrogen and oxygen atoms in total. The van der Waals surface area contributed by atoms with Crippen molar-refractivity contribution in [2.24, 2.45) is 5.41 Å². The average molecular weight is 509 g/mol. The number of ether oxygens (including phenoxy) is 1. The molecule has 9 heteroatoms. The highest BCUT2D eigenvalue weighted by atomic mass is 32.2. The zero-order valence-corrected chi connectivity index (χ0v) is 24.0. The van der Waals surface area contributed by atoms with E-state index >= 15 is 0 Å². The number of hydrogen-bond donors (Lipinski definition) is 1. The Morgan fingerprint density at radius 3 is 2.17 bits per heavy atom. The second-order valence-electron chi connectivity index (χ2n) is 12.1. The maximum Gasteiger partial charge on any atom is 0.243 e. The summed E-state index contributed by atoms with van der Waals surface area (Å²) in [4.78, 5) is 50.8. The van der Waals surface area contributed by atoms with Crippen LogP contribution in [0.2, 0.25) is 0 Å². The molecular formula is C26H45BN2O5S. The van der Waals surface area contributed by atoms with Crippen molar-refractivity contribution in [2.75, 3.05) is 12.4 Å². The minimum atomic E-state index is -0.715. The lowest BCUT2D eigenvalue weighted by Gasteiger charge is -2.35. The molecule has 0 spiro atoms. The van der Waals surface area contributed by atoms with E-state index in [1.165, 1.54) is 16.7 Å². The van der Waals surface area contributed by atoms with Crippen LogP contribution < -0.4 is 5.32 Å². The van der Waals surface area contributed by atoms with Gasteiger partial charge in [-0.05, 0) is 73.0 Å². The van der Waals surface area contributed by atoms with Crippen LogP contribution in [-0.4, -0.2) is 70.4 Å².